The fraction of sp³-hybridized carbons (Fsp3) is 0.0833. The lowest BCUT2D eigenvalue weighted by Gasteiger charge is -2.16. The maximum absolute atomic E-state index is 13.1. The molecule has 2 aromatic carbocycles. The zero-order chi connectivity index (χ0) is 21.6. The van der Waals surface area contributed by atoms with Gasteiger partial charge in [0, 0.05) is 23.7 Å². The van der Waals surface area contributed by atoms with Crippen LogP contribution in [0.25, 0.3) is 22.6 Å². The van der Waals surface area contributed by atoms with Gasteiger partial charge in [0.2, 0.25) is 5.91 Å². The van der Waals surface area contributed by atoms with Crippen molar-refractivity contribution in [3.05, 3.63) is 96.2 Å². The van der Waals surface area contributed by atoms with Gasteiger partial charge in [-0.15, -0.1) is 0 Å². The molecule has 0 fully saturated rings. The third-order valence-corrected chi connectivity index (χ3v) is 4.90. The minimum absolute atomic E-state index is 0.316. The number of nitrogens with two attached hydrogens (primary N) is 1. The van der Waals surface area contributed by atoms with Crippen LogP contribution < -0.4 is 11.1 Å². The molecule has 0 radical (unpaired) electrons. The number of hydrogen-bond acceptors (Lipinski definition) is 4. The summed E-state index contributed by atoms with van der Waals surface area (Å²) in [6.45, 7) is 0. The summed E-state index contributed by atoms with van der Waals surface area (Å²) < 4.78 is 0. The molecule has 7 nitrogen and oxygen atoms in total. The number of amides is 2. The summed E-state index contributed by atoms with van der Waals surface area (Å²) in [6, 6.07) is 23.1. The molecule has 4 N–H and O–H groups in total. The molecule has 7 heteroatoms. The van der Waals surface area contributed by atoms with Crippen LogP contribution in [0.5, 0.6) is 0 Å². The lowest BCUT2D eigenvalue weighted by molar-refractivity contribution is -0.119. The van der Waals surface area contributed by atoms with Crippen LogP contribution in [-0.2, 0) is 11.2 Å². The highest BCUT2D eigenvalue weighted by Crippen LogP contribution is 2.25. The minimum atomic E-state index is -0.828. The van der Waals surface area contributed by atoms with Crippen molar-refractivity contribution in [1.29, 1.82) is 0 Å². The van der Waals surface area contributed by atoms with Crippen LogP contribution in [0.1, 0.15) is 15.9 Å². The van der Waals surface area contributed by atoms with Crippen molar-refractivity contribution in [2.45, 2.75) is 12.5 Å². The van der Waals surface area contributed by atoms with Crippen molar-refractivity contribution in [3.8, 4) is 22.6 Å². The lowest BCUT2D eigenvalue weighted by Crippen LogP contribution is -2.46. The zero-order valence-corrected chi connectivity index (χ0v) is 16.7. The summed E-state index contributed by atoms with van der Waals surface area (Å²) in [7, 11) is 0. The number of H-pyrrole nitrogens is 1. The first-order valence-corrected chi connectivity index (χ1v) is 9.82. The number of pyridine rings is 1. The van der Waals surface area contributed by atoms with E-state index in [-0.39, 0.29) is 0 Å². The van der Waals surface area contributed by atoms with Gasteiger partial charge in [0.25, 0.3) is 5.91 Å². The van der Waals surface area contributed by atoms with Crippen LogP contribution in [0.15, 0.2) is 85.1 Å². The number of primary amides is 1. The first-order valence-electron chi connectivity index (χ1n) is 9.82. The molecule has 0 aliphatic carbocycles. The second-order valence-corrected chi connectivity index (χ2v) is 7.05. The fourth-order valence-electron chi connectivity index (χ4n) is 3.33. The first kappa shape index (κ1) is 20.0. The number of aromatic amines is 1. The van der Waals surface area contributed by atoms with E-state index in [2.05, 4.69) is 20.5 Å². The highest BCUT2D eigenvalue weighted by Gasteiger charge is 2.22. The topological polar surface area (TPSA) is 114 Å². The van der Waals surface area contributed by atoms with Crippen molar-refractivity contribution < 1.29 is 9.59 Å². The van der Waals surface area contributed by atoms with E-state index in [9.17, 15) is 9.59 Å². The van der Waals surface area contributed by atoms with Gasteiger partial charge in [0.15, 0.2) is 0 Å². The average molecular weight is 411 g/mol. The molecule has 0 aliphatic heterocycles. The van der Waals surface area contributed by atoms with Crippen LogP contribution in [-0.4, -0.2) is 33.0 Å². The van der Waals surface area contributed by atoms with E-state index < -0.39 is 17.9 Å². The van der Waals surface area contributed by atoms with Gasteiger partial charge in [-0.25, -0.2) is 0 Å². The Hall–Kier alpha value is -4.26. The van der Waals surface area contributed by atoms with Crippen molar-refractivity contribution in [2.24, 2.45) is 5.73 Å². The van der Waals surface area contributed by atoms with Crippen LogP contribution in [0, 0.1) is 0 Å². The minimum Gasteiger partial charge on any atom is -0.368 e. The standard InChI is InChI=1S/C24H21N5O2/c25-23(30)22(14-16-8-2-1-3-9-16)27-24(31)18-11-5-4-10-17(18)20-15-21(29-28-20)19-12-6-7-13-26-19/h1-13,15,22H,14H2,(H2,25,30)(H,27,31)(H,28,29). The van der Waals surface area contributed by atoms with E-state index in [0.29, 0.717) is 23.2 Å². The number of benzene rings is 2. The molecule has 2 amide bonds. The molecule has 154 valence electrons. The molecule has 0 spiro atoms. The summed E-state index contributed by atoms with van der Waals surface area (Å²) in [5.41, 5.74) is 9.60. The molecular weight excluding hydrogens is 390 g/mol. The van der Waals surface area contributed by atoms with Crippen LogP contribution in [0.3, 0.4) is 0 Å². The van der Waals surface area contributed by atoms with Crippen molar-refractivity contribution in [2.75, 3.05) is 0 Å². The molecule has 31 heavy (non-hydrogen) atoms. The second-order valence-electron chi connectivity index (χ2n) is 7.05. The average Bonchev–Trinajstić information content (AvgIpc) is 3.30. The second kappa shape index (κ2) is 9.04. The monoisotopic (exact) mass is 411 g/mol. The van der Waals surface area contributed by atoms with E-state index >= 15 is 0 Å². The summed E-state index contributed by atoms with van der Waals surface area (Å²) in [5, 5.41) is 10.1. The molecule has 0 bridgehead atoms. The lowest BCUT2D eigenvalue weighted by atomic mass is 10.0. The Morgan fingerprint density at radius 3 is 2.42 bits per heavy atom. The van der Waals surface area contributed by atoms with Crippen LogP contribution in [0.4, 0.5) is 0 Å². The Morgan fingerprint density at radius 2 is 1.68 bits per heavy atom. The largest absolute Gasteiger partial charge is 0.368 e. The molecule has 0 saturated carbocycles. The third-order valence-electron chi connectivity index (χ3n) is 4.90. The molecule has 4 aromatic rings. The number of nitrogens with one attached hydrogen (secondary N) is 2. The van der Waals surface area contributed by atoms with Gasteiger partial charge < -0.3 is 11.1 Å². The van der Waals surface area contributed by atoms with E-state index in [1.807, 2.05) is 66.7 Å². The Bertz CT molecular complexity index is 1190. The van der Waals surface area contributed by atoms with Gasteiger partial charge in [-0.3, -0.25) is 19.7 Å². The quantitative estimate of drug-likeness (QED) is 0.434. The number of carbonyl (C=O) groups excluding carboxylic acids is 2. The van der Waals surface area contributed by atoms with Crippen molar-refractivity contribution >= 4 is 11.8 Å². The van der Waals surface area contributed by atoms with Gasteiger partial charge >= 0.3 is 0 Å². The summed E-state index contributed by atoms with van der Waals surface area (Å²) in [6.07, 6.45) is 2.02. The Morgan fingerprint density at radius 1 is 0.935 bits per heavy atom. The molecular formula is C24H21N5O2. The van der Waals surface area contributed by atoms with Crippen molar-refractivity contribution in [1.82, 2.24) is 20.5 Å². The molecule has 4 rings (SSSR count). The predicted molar refractivity (Wildman–Crippen MR) is 118 cm³/mol. The van der Waals surface area contributed by atoms with Gasteiger partial charge in [0.05, 0.1) is 17.1 Å². The van der Waals surface area contributed by atoms with E-state index in [1.165, 1.54) is 0 Å². The van der Waals surface area contributed by atoms with Gasteiger partial charge in [-0.2, -0.15) is 5.10 Å². The SMILES string of the molecule is NC(=O)C(Cc1ccccc1)NC(=O)c1ccccc1-c1cc(-c2ccccn2)[nH]n1. The molecule has 0 saturated heterocycles. The number of hydrogen-bond donors (Lipinski definition) is 3. The summed E-state index contributed by atoms with van der Waals surface area (Å²) in [4.78, 5) is 29.3. The van der Waals surface area contributed by atoms with Crippen LogP contribution in [0.2, 0.25) is 0 Å². The molecule has 2 aromatic heterocycles. The number of rotatable bonds is 7. The molecule has 1 unspecified atom stereocenters. The number of aromatic nitrogens is 3. The van der Waals surface area contributed by atoms with E-state index in [1.54, 1.807) is 18.3 Å². The fourth-order valence-corrected chi connectivity index (χ4v) is 3.33. The maximum atomic E-state index is 13.1. The van der Waals surface area contributed by atoms with Crippen molar-refractivity contribution in [3.63, 3.8) is 0 Å². The highest BCUT2D eigenvalue weighted by molar-refractivity contribution is 6.02. The van der Waals surface area contributed by atoms with Crippen LogP contribution >= 0.6 is 0 Å². The Balaban J connectivity index is 1.58. The zero-order valence-electron chi connectivity index (χ0n) is 16.7. The third kappa shape index (κ3) is 4.67. The normalized spacial score (nSPS) is 11.6. The van der Waals surface area contributed by atoms with E-state index in [0.717, 1.165) is 17.0 Å². The number of nitrogens with zero attached hydrogens (tertiary/aromatic N) is 2. The van der Waals surface area contributed by atoms with Gasteiger partial charge in [-0.1, -0.05) is 54.6 Å². The first-order chi connectivity index (χ1) is 15.1. The summed E-state index contributed by atoms with van der Waals surface area (Å²) >= 11 is 0. The number of carbonyl (C=O) groups is 2. The van der Waals surface area contributed by atoms with E-state index in [4.69, 9.17) is 5.73 Å². The Labute approximate surface area is 179 Å². The highest BCUT2D eigenvalue weighted by atomic mass is 16.2. The van der Waals surface area contributed by atoms with Gasteiger partial charge in [0.1, 0.15) is 6.04 Å². The van der Waals surface area contributed by atoms with Gasteiger partial charge in [-0.05, 0) is 29.8 Å². The maximum Gasteiger partial charge on any atom is 0.252 e. The summed E-state index contributed by atoms with van der Waals surface area (Å²) in [5.74, 6) is -0.982. The molecule has 1 atom stereocenters. The Kier molecular flexibility index (Phi) is 5.84. The molecule has 2 heterocycles. The molecule has 0 aliphatic rings. The smallest absolute Gasteiger partial charge is 0.252 e. The predicted octanol–water partition coefficient (Wildman–Crippen LogP) is 2.97.